The maximum absolute atomic E-state index is 12.7. The van der Waals surface area contributed by atoms with E-state index in [-0.39, 0.29) is 29.7 Å². The van der Waals surface area contributed by atoms with Crippen LogP contribution in [0.4, 0.5) is 9.70 Å². The van der Waals surface area contributed by atoms with Gasteiger partial charge in [0.1, 0.15) is 0 Å². The zero-order chi connectivity index (χ0) is 15.1. The Hall–Kier alpha value is -0.920. The summed E-state index contributed by atoms with van der Waals surface area (Å²) in [5.74, 6) is -1.40. The maximum Gasteiger partial charge on any atom is 0.302 e. The Morgan fingerprint density at radius 2 is 2.15 bits per heavy atom. The van der Waals surface area contributed by atoms with Gasteiger partial charge in [-0.1, -0.05) is 23.2 Å². The molecule has 1 saturated heterocycles. The summed E-state index contributed by atoms with van der Waals surface area (Å²) in [5.41, 5.74) is 0.577. The molecule has 1 unspecified atom stereocenters. The minimum atomic E-state index is -4.61. The van der Waals surface area contributed by atoms with Gasteiger partial charge in [0.25, 0.3) is 0 Å². The van der Waals surface area contributed by atoms with Crippen LogP contribution < -0.4 is 4.90 Å². The molecule has 1 aliphatic rings. The molecule has 5 nitrogen and oxygen atoms in total. The van der Waals surface area contributed by atoms with E-state index in [4.69, 9.17) is 23.2 Å². The third kappa shape index (κ3) is 3.21. The van der Waals surface area contributed by atoms with Crippen LogP contribution in [0.1, 0.15) is 12.0 Å². The summed E-state index contributed by atoms with van der Waals surface area (Å²) in [6.45, 7) is 1.75. The second kappa shape index (κ2) is 5.46. The van der Waals surface area contributed by atoms with Crippen molar-refractivity contribution in [3.63, 3.8) is 0 Å². The SMILES string of the molecule is Cc1c(Cl)cnc(N2CC(CS(=O)(=O)F)CC2=O)c1Cl. The van der Waals surface area contributed by atoms with Crippen LogP contribution in [0.2, 0.25) is 10.0 Å². The van der Waals surface area contributed by atoms with Gasteiger partial charge in [0.05, 0.1) is 15.8 Å². The van der Waals surface area contributed by atoms with E-state index < -0.39 is 21.9 Å². The van der Waals surface area contributed by atoms with Gasteiger partial charge < -0.3 is 0 Å². The zero-order valence-electron chi connectivity index (χ0n) is 10.4. The van der Waals surface area contributed by atoms with Crippen LogP contribution in [0.25, 0.3) is 0 Å². The summed E-state index contributed by atoms with van der Waals surface area (Å²) in [5, 5.41) is 0.600. The van der Waals surface area contributed by atoms with Crippen molar-refractivity contribution in [1.29, 1.82) is 0 Å². The van der Waals surface area contributed by atoms with Crippen LogP contribution >= 0.6 is 23.2 Å². The molecule has 1 aromatic heterocycles. The molecule has 2 rings (SSSR count). The lowest BCUT2D eigenvalue weighted by atomic mass is 10.1. The van der Waals surface area contributed by atoms with E-state index >= 15 is 0 Å². The largest absolute Gasteiger partial charge is 0.302 e. The third-order valence-corrected chi connectivity index (χ3v) is 4.78. The van der Waals surface area contributed by atoms with Gasteiger partial charge in [0.2, 0.25) is 5.91 Å². The monoisotopic (exact) mass is 340 g/mol. The Morgan fingerprint density at radius 1 is 1.50 bits per heavy atom. The number of anilines is 1. The fraction of sp³-hybridized carbons (Fsp3) is 0.455. The first-order valence-corrected chi connectivity index (χ1v) is 8.03. The summed E-state index contributed by atoms with van der Waals surface area (Å²) in [6, 6.07) is 0. The quantitative estimate of drug-likeness (QED) is 0.792. The van der Waals surface area contributed by atoms with Gasteiger partial charge in [-0.25, -0.2) is 4.98 Å². The van der Waals surface area contributed by atoms with Gasteiger partial charge in [0, 0.05) is 25.1 Å². The molecule has 1 amide bonds. The van der Waals surface area contributed by atoms with Crippen LogP contribution in [0.3, 0.4) is 0 Å². The Balaban J connectivity index is 2.27. The second-order valence-electron chi connectivity index (χ2n) is 4.65. The van der Waals surface area contributed by atoms with Crippen molar-refractivity contribution in [3.05, 3.63) is 21.8 Å². The highest BCUT2D eigenvalue weighted by Crippen LogP contribution is 2.34. The summed E-state index contributed by atoms with van der Waals surface area (Å²) >= 11 is 12.0. The van der Waals surface area contributed by atoms with Gasteiger partial charge >= 0.3 is 10.2 Å². The molecule has 2 heterocycles. The molecule has 0 aliphatic carbocycles. The molecule has 1 aromatic rings. The van der Waals surface area contributed by atoms with Crippen molar-refractivity contribution in [3.8, 4) is 0 Å². The van der Waals surface area contributed by atoms with Crippen molar-refractivity contribution in [2.45, 2.75) is 13.3 Å². The van der Waals surface area contributed by atoms with Crippen molar-refractivity contribution in [2.24, 2.45) is 5.92 Å². The first-order chi connectivity index (χ1) is 9.19. The first kappa shape index (κ1) is 15.5. The van der Waals surface area contributed by atoms with Crippen LogP contribution in [0, 0.1) is 12.8 Å². The molecule has 1 fully saturated rings. The Bertz CT molecular complexity index is 666. The molecular formula is C11H11Cl2FN2O3S. The number of carbonyl (C=O) groups is 1. The molecule has 9 heteroatoms. The molecule has 1 atom stereocenters. The molecule has 0 spiro atoms. The van der Waals surface area contributed by atoms with E-state index in [1.807, 2.05) is 0 Å². The molecule has 110 valence electrons. The van der Waals surface area contributed by atoms with E-state index in [1.165, 1.54) is 11.1 Å². The highest BCUT2D eigenvalue weighted by atomic mass is 35.5. The fourth-order valence-corrected chi connectivity index (χ4v) is 3.34. The number of halogens is 3. The normalized spacial score (nSPS) is 19.7. The number of hydrogen-bond acceptors (Lipinski definition) is 4. The molecule has 0 bridgehead atoms. The molecule has 20 heavy (non-hydrogen) atoms. The molecule has 0 saturated carbocycles. The predicted octanol–water partition coefficient (Wildman–Crippen LogP) is 2.35. The summed E-state index contributed by atoms with van der Waals surface area (Å²) in [7, 11) is -4.61. The number of carbonyl (C=O) groups excluding carboxylic acids is 1. The lowest BCUT2D eigenvalue weighted by Crippen LogP contribution is -2.26. The lowest BCUT2D eigenvalue weighted by Gasteiger charge is -2.18. The van der Waals surface area contributed by atoms with Crippen LogP contribution in [-0.2, 0) is 15.0 Å². The second-order valence-corrected chi connectivity index (χ2v) is 6.84. The van der Waals surface area contributed by atoms with Gasteiger partial charge in [-0.15, -0.1) is 3.89 Å². The fourth-order valence-electron chi connectivity index (χ4n) is 2.11. The highest BCUT2D eigenvalue weighted by Gasteiger charge is 2.35. The van der Waals surface area contributed by atoms with Crippen LogP contribution in [0.15, 0.2) is 6.20 Å². The number of nitrogens with zero attached hydrogens (tertiary/aromatic N) is 2. The van der Waals surface area contributed by atoms with Crippen molar-refractivity contribution >= 4 is 45.2 Å². The van der Waals surface area contributed by atoms with E-state index in [0.717, 1.165) is 0 Å². The van der Waals surface area contributed by atoms with Gasteiger partial charge in [-0.05, 0) is 12.5 Å². The number of rotatable bonds is 3. The standard InChI is InChI=1S/C11H11Cl2FN2O3S/c1-6-8(12)3-15-11(10(6)13)16-4-7(2-9(16)17)5-20(14,18)19/h3,7H,2,4-5H2,1H3. The number of hydrogen-bond donors (Lipinski definition) is 0. The van der Waals surface area contributed by atoms with Gasteiger partial charge in [0.15, 0.2) is 5.82 Å². The topological polar surface area (TPSA) is 67.3 Å². The smallest absolute Gasteiger partial charge is 0.295 e. The minimum Gasteiger partial charge on any atom is -0.295 e. The van der Waals surface area contributed by atoms with Gasteiger partial charge in [-0.2, -0.15) is 8.42 Å². The zero-order valence-corrected chi connectivity index (χ0v) is 12.8. The minimum absolute atomic E-state index is 0.0527. The van der Waals surface area contributed by atoms with Crippen LogP contribution in [0.5, 0.6) is 0 Å². The number of pyridine rings is 1. The molecule has 1 aliphatic heterocycles. The summed E-state index contributed by atoms with van der Waals surface area (Å²) in [6.07, 6.45) is 1.31. The van der Waals surface area contributed by atoms with E-state index in [2.05, 4.69) is 4.98 Å². The Kier molecular flexibility index (Phi) is 4.22. The lowest BCUT2D eigenvalue weighted by molar-refractivity contribution is -0.117. The van der Waals surface area contributed by atoms with E-state index in [0.29, 0.717) is 10.6 Å². The van der Waals surface area contributed by atoms with Crippen molar-refractivity contribution < 1.29 is 17.1 Å². The molecule has 0 radical (unpaired) electrons. The van der Waals surface area contributed by atoms with Gasteiger partial charge in [-0.3, -0.25) is 9.69 Å². The molecule has 0 aromatic carbocycles. The van der Waals surface area contributed by atoms with E-state index in [1.54, 1.807) is 6.92 Å². The average Bonchev–Trinajstić information content (AvgIpc) is 2.65. The number of aromatic nitrogens is 1. The summed E-state index contributed by atoms with van der Waals surface area (Å²) < 4.78 is 34.0. The van der Waals surface area contributed by atoms with Crippen molar-refractivity contribution in [2.75, 3.05) is 17.2 Å². The molecule has 0 N–H and O–H groups in total. The average molecular weight is 341 g/mol. The highest BCUT2D eigenvalue weighted by molar-refractivity contribution is 7.86. The summed E-state index contributed by atoms with van der Waals surface area (Å²) in [4.78, 5) is 17.2. The Labute approximate surface area is 125 Å². The molecular weight excluding hydrogens is 330 g/mol. The number of amides is 1. The van der Waals surface area contributed by atoms with Crippen LogP contribution in [-0.4, -0.2) is 31.6 Å². The first-order valence-electron chi connectivity index (χ1n) is 5.72. The van der Waals surface area contributed by atoms with Crippen molar-refractivity contribution in [1.82, 2.24) is 4.98 Å². The van der Waals surface area contributed by atoms with E-state index in [9.17, 15) is 17.1 Å². The predicted molar refractivity (Wildman–Crippen MR) is 74.3 cm³/mol. The third-order valence-electron chi connectivity index (χ3n) is 3.08. The Morgan fingerprint density at radius 3 is 2.75 bits per heavy atom. The maximum atomic E-state index is 12.7.